The number of carbonyl (C=O) groups is 1. The van der Waals surface area contributed by atoms with E-state index in [2.05, 4.69) is 13.8 Å². The van der Waals surface area contributed by atoms with Gasteiger partial charge < -0.3 is 8.86 Å². The highest BCUT2D eigenvalue weighted by Crippen LogP contribution is 2.37. The summed E-state index contributed by atoms with van der Waals surface area (Å²) in [6.45, 7) is 0. The Morgan fingerprint density at radius 2 is 1.44 bits per heavy atom. The fourth-order valence-corrected chi connectivity index (χ4v) is 5.38. The van der Waals surface area contributed by atoms with Crippen LogP contribution in [-0.4, -0.2) is 29.9 Å². The van der Waals surface area contributed by atoms with Gasteiger partial charge in [-0.3, -0.25) is 0 Å². The van der Waals surface area contributed by atoms with Crippen molar-refractivity contribution >= 4 is 31.7 Å². The van der Waals surface area contributed by atoms with Crippen molar-refractivity contribution in [1.82, 2.24) is 0 Å². The first-order valence-corrected chi connectivity index (χ1v) is 9.46. The minimum Gasteiger partial charge on any atom is -0.465 e. The molecule has 0 amide bonds. The second kappa shape index (κ2) is 6.98. The zero-order valence-electron chi connectivity index (χ0n) is 12.7. The molecular weight excluding hydrogens is 370 g/mol. The van der Waals surface area contributed by atoms with Gasteiger partial charge in [-0.05, 0) is 18.2 Å². The van der Waals surface area contributed by atoms with Gasteiger partial charge in [0.15, 0.2) is 10.5 Å². The summed E-state index contributed by atoms with van der Waals surface area (Å²) in [5.41, 5.74) is 0.465. The van der Waals surface area contributed by atoms with Crippen molar-refractivity contribution in [3.8, 4) is 0 Å². The van der Waals surface area contributed by atoms with E-state index in [0.717, 1.165) is 0 Å². The van der Waals surface area contributed by atoms with E-state index >= 15 is 0 Å². The van der Waals surface area contributed by atoms with Crippen LogP contribution in [0.5, 0.6) is 0 Å². The second-order valence-corrected chi connectivity index (χ2v) is 7.96. The summed E-state index contributed by atoms with van der Waals surface area (Å²) in [6.07, 6.45) is 0. The van der Waals surface area contributed by atoms with Crippen LogP contribution in [0.25, 0.3) is 9.10 Å². The Kier molecular flexibility index (Phi) is 5.17. The van der Waals surface area contributed by atoms with Crippen LogP contribution in [0.2, 0.25) is 0 Å². The van der Waals surface area contributed by atoms with Crippen LogP contribution in [0.15, 0.2) is 58.3 Å². The van der Waals surface area contributed by atoms with E-state index in [1.54, 1.807) is 12.1 Å². The fraction of sp³-hybridized carbons (Fsp3) is 0.0714. The average molecular weight is 381 g/mol. The predicted octanol–water partition coefficient (Wildman–Crippen LogP) is 2.41. The minimum absolute atomic E-state index is 0.212. The molecule has 0 saturated heterocycles. The molecule has 11 heteroatoms. The van der Waals surface area contributed by atoms with Crippen LogP contribution in [0.1, 0.15) is 10.4 Å². The molecule has 0 unspecified atom stereocenters. The molecule has 0 atom stereocenters. The minimum atomic E-state index is -3.98. The number of ether oxygens (including phenoxy) is 1. The number of carbonyl (C=O) groups excluding carboxylic acids is 1. The van der Waals surface area contributed by atoms with Crippen LogP contribution >= 0.6 is 0 Å². The topological polar surface area (TPSA) is 137 Å². The summed E-state index contributed by atoms with van der Waals surface area (Å²) in [6, 6.07) is 11.7. The zero-order valence-corrected chi connectivity index (χ0v) is 14.4. The molecule has 1 aliphatic heterocycles. The van der Waals surface area contributed by atoms with Crippen molar-refractivity contribution in [2.24, 2.45) is 0 Å². The number of diazo groups is 1. The highest BCUT2D eigenvalue weighted by Gasteiger charge is 2.26. The van der Waals surface area contributed by atoms with Crippen molar-refractivity contribution in [2.45, 2.75) is 9.79 Å². The Morgan fingerprint density at radius 1 is 0.960 bits per heavy atom. The standard InChI is InChI=1S/C8H7N2O2.C6H4NO4S2/c1-12-8(11)6-4-2-3-5-7(6)10-9;8-12(9)5-3-1-2-4-6(5)13(10,11)7-12/h2-5H,1H3;1-4H/q+1;-1. The number of methoxy groups -OCH3 is 1. The molecular formula is C14H11N3O6S2. The number of fused-ring (bicyclic) bond motifs is 1. The van der Waals surface area contributed by atoms with Crippen LogP contribution in [0, 0.1) is 5.39 Å². The SMILES string of the molecule is COC(=O)c1ccccc1[N+]#N.O=S1(=O)[N-]S(=O)(=O)c2ccccc21. The van der Waals surface area contributed by atoms with E-state index in [1.165, 1.54) is 43.5 Å². The van der Waals surface area contributed by atoms with Crippen molar-refractivity contribution in [3.05, 3.63) is 63.2 Å². The predicted molar refractivity (Wildman–Crippen MR) is 86.7 cm³/mol. The summed E-state index contributed by atoms with van der Waals surface area (Å²) >= 11 is 0. The molecule has 9 nitrogen and oxygen atoms in total. The number of rotatable bonds is 1. The van der Waals surface area contributed by atoms with Gasteiger partial charge in [-0.15, -0.1) is 0 Å². The lowest BCUT2D eigenvalue weighted by Crippen LogP contribution is -2.00. The van der Waals surface area contributed by atoms with Gasteiger partial charge in [0.05, 0.1) is 16.9 Å². The molecule has 1 aliphatic rings. The van der Waals surface area contributed by atoms with Crippen LogP contribution in [0.4, 0.5) is 5.69 Å². The van der Waals surface area contributed by atoms with Crippen LogP contribution in [-0.2, 0) is 24.8 Å². The van der Waals surface area contributed by atoms with Crippen molar-refractivity contribution in [2.75, 3.05) is 7.11 Å². The largest absolute Gasteiger partial charge is 0.465 e. The number of sulfonamides is 2. The Balaban J connectivity index is 0.000000181. The van der Waals surface area contributed by atoms with E-state index in [0.29, 0.717) is 0 Å². The van der Waals surface area contributed by atoms with Gasteiger partial charge in [0.2, 0.25) is 5.39 Å². The molecule has 0 aliphatic carbocycles. The summed E-state index contributed by atoms with van der Waals surface area (Å²) in [7, 11) is -6.68. The van der Waals surface area contributed by atoms with E-state index in [1.807, 2.05) is 0 Å². The number of hydrogen-bond donors (Lipinski definition) is 0. The molecule has 1 heterocycles. The molecule has 0 aromatic heterocycles. The van der Waals surface area contributed by atoms with Crippen LogP contribution < -0.4 is 0 Å². The molecule has 2 aromatic rings. The number of benzene rings is 2. The van der Waals surface area contributed by atoms with Gasteiger partial charge in [0.1, 0.15) is 20.0 Å². The molecule has 25 heavy (non-hydrogen) atoms. The average Bonchev–Trinajstić information content (AvgIpc) is 2.79. The molecule has 3 rings (SSSR count). The fourth-order valence-electron chi connectivity index (χ4n) is 1.93. The van der Waals surface area contributed by atoms with E-state index in [-0.39, 0.29) is 21.0 Å². The monoisotopic (exact) mass is 381 g/mol. The van der Waals surface area contributed by atoms with Gasteiger partial charge >= 0.3 is 11.7 Å². The lowest BCUT2D eigenvalue weighted by atomic mass is 10.2. The molecule has 0 fully saturated rings. The number of esters is 1. The van der Waals surface area contributed by atoms with Gasteiger partial charge in [-0.2, -0.15) is 0 Å². The van der Waals surface area contributed by atoms with E-state index in [9.17, 15) is 21.6 Å². The normalized spacial score (nSPS) is 15.8. The van der Waals surface area contributed by atoms with Gasteiger partial charge in [-0.25, -0.2) is 21.6 Å². The molecule has 2 aromatic carbocycles. The quantitative estimate of drug-likeness (QED) is 0.546. The highest BCUT2D eigenvalue weighted by atomic mass is 32.3. The van der Waals surface area contributed by atoms with Gasteiger partial charge in [-0.1, -0.05) is 24.3 Å². The third-order valence-corrected chi connectivity index (χ3v) is 6.54. The third kappa shape index (κ3) is 3.82. The summed E-state index contributed by atoms with van der Waals surface area (Å²) in [5.74, 6) is -0.511. The summed E-state index contributed by atoms with van der Waals surface area (Å²) in [4.78, 5) is 13.5. The van der Waals surface area contributed by atoms with Gasteiger partial charge in [0, 0.05) is 6.07 Å². The van der Waals surface area contributed by atoms with E-state index in [4.69, 9.17) is 5.39 Å². The van der Waals surface area contributed by atoms with E-state index < -0.39 is 26.0 Å². The van der Waals surface area contributed by atoms with Crippen molar-refractivity contribution in [3.63, 3.8) is 0 Å². The molecule has 130 valence electrons. The Morgan fingerprint density at radius 3 is 1.92 bits per heavy atom. The first kappa shape index (κ1) is 18.5. The Labute approximate surface area is 144 Å². The number of nitrogens with zero attached hydrogens (tertiary/aromatic N) is 3. The first-order valence-electron chi connectivity index (χ1n) is 6.58. The zero-order chi connectivity index (χ0) is 18.7. The van der Waals surface area contributed by atoms with Gasteiger partial charge in [0.25, 0.3) is 0 Å². The molecule has 0 saturated carbocycles. The van der Waals surface area contributed by atoms with Crippen LogP contribution in [0.3, 0.4) is 0 Å². The summed E-state index contributed by atoms with van der Waals surface area (Å²) in [5, 5.41) is 8.48. The molecule has 0 bridgehead atoms. The first-order chi connectivity index (χ1) is 11.7. The Hall–Kier alpha value is -2.81. The highest BCUT2D eigenvalue weighted by molar-refractivity contribution is 8.14. The third-order valence-electron chi connectivity index (χ3n) is 3.02. The lowest BCUT2D eigenvalue weighted by Gasteiger charge is -2.05. The maximum absolute atomic E-state index is 11.1. The lowest BCUT2D eigenvalue weighted by molar-refractivity contribution is 0.0602. The maximum Gasteiger partial charge on any atom is 0.399 e. The molecule has 0 N–H and O–H groups in total. The maximum atomic E-state index is 11.1. The number of hydrogen-bond acceptors (Lipinski definition) is 7. The van der Waals surface area contributed by atoms with Crippen molar-refractivity contribution in [1.29, 1.82) is 5.39 Å². The summed E-state index contributed by atoms with van der Waals surface area (Å²) < 4.78 is 51.7. The smallest absolute Gasteiger partial charge is 0.399 e. The van der Waals surface area contributed by atoms with Crippen molar-refractivity contribution < 1.29 is 26.4 Å². The second-order valence-electron chi connectivity index (χ2n) is 4.58. The Bertz CT molecular complexity index is 1020. The molecule has 0 spiro atoms. The molecule has 0 radical (unpaired) electrons.